The predicted octanol–water partition coefficient (Wildman–Crippen LogP) is 5.83. The van der Waals surface area contributed by atoms with Crippen LogP contribution >= 0.6 is 0 Å². The fourth-order valence-corrected chi connectivity index (χ4v) is 5.45. The van der Waals surface area contributed by atoms with Gasteiger partial charge in [0.15, 0.2) is 5.82 Å². The first-order valence-electron chi connectivity index (χ1n) is 12.5. The van der Waals surface area contributed by atoms with Crippen molar-refractivity contribution in [2.45, 2.75) is 38.6 Å². The Kier molecular flexibility index (Phi) is 6.01. The monoisotopic (exact) mass is 462 g/mol. The van der Waals surface area contributed by atoms with Crippen LogP contribution in [0.5, 0.6) is 5.75 Å². The molecule has 6 rings (SSSR count). The van der Waals surface area contributed by atoms with Crippen molar-refractivity contribution in [2.75, 3.05) is 19.7 Å². The van der Waals surface area contributed by atoms with Crippen molar-refractivity contribution in [3.63, 3.8) is 0 Å². The fourth-order valence-electron chi connectivity index (χ4n) is 5.45. The van der Waals surface area contributed by atoms with Crippen LogP contribution in [0.4, 0.5) is 0 Å². The second-order valence-corrected chi connectivity index (χ2v) is 9.66. The Balaban J connectivity index is 1.33. The molecule has 1 saturated heterocycles. The van der Waals surface area contributed by atoms with Gasteiger partial charge in [-0.1, -0.05) is 36.4 Å². The number of aromatic nitrogens is 3. The first kappa shape index (κ1) is 21.9. The van der Waals surface area contributed by atoms with Crippen LogP contribution in [0.3, 0.4) is 0 Å². The average molecular weight is 463 g/mol. The molecule has 0 bridgehead atoms. The number of pyridine rings is 1. The molecule has 4 heterocycles. The molecule has 5 nitrogen and oxygen atoms in total. The number of hydrogen-bond acceptors (Lipinski definition) is 5. The van der Waals surface area contributed by atoms with Crippen LogP contribution in [-0.2, 0) is 13.0 Å². The van der Waals surface area contributed by atoms with Gasteiger partial charge in [0.2, 0.25) is 0 Å². The van der Waals surface area contributed by atoms with E-state index < -0.39 is 0 Å². The van der Waals surface area contributed by atoms with Gasteiger partial charge in [-0.2, -0.15) is 0 Å². The van der Waals surface area contributed by atoms with Crippen LogP contribution < -0.4 is 4.74 Å². The highest BCUT2D eigenvalue weighted by molar-refractivity contribution is 5.70. The number of fused-ring (bicyclic) bond motifs is 1. The van der Waals surface area contributed by atoms with Gasteiger partial charge < -0.3 is 4.74 Å². The largest absolute Gasteiger partial charge is 0.493 e. The summed E-state index contributed by atoms with van der Waals surface area (Å²) in [5.41, 5.74) is 8.51. The first-order valence-corrected chi connectivity index (χ1v) is 12.5. The third-order valence-corrected chi connectivity index (χ3v) is 7.24. The van der Waals surface area contributed by atoms with E-state index in [4.69, 9.17) is 14.7 Å². The lowest BCUT2D eigenvalue weighted by atomic mass is 9.88. The second kappa shape index (κ2) is 9.59. The maximum atomic E-state index is 5.70. The molecule has 0 radical (unpaired) electrons. The van der Waals surface area contributed by atoms with Crippen LogP contribution in [0, 0.1) is 6.92 Å². The molecule has 1 atom stereocenters. The molecule has 0 aliphatic carbocycles. The summed E-state index contributed by atoms with van der Waals surface area (Å²) >= 11 is 0. The summed E-state index contributed by atoms with van der Waals surface area (Å²) in [7, 11) is 0. The molecular formula is C30H30N4O. The molecule has 0 N–H and O–H groups in total. The van der Waals surface area contributed by atoms with E-state index in [0.29, 0.717) is 5.92 Å². The Morgan fingerprint density at radius 1 is 1.03 bits per heavy atom. The van der Waals surface area contributed by atoms with Gasteiger partial charge in [-0.25, -0.2) is 9.97 Å². The van der Waals surface area contributed by atoms with E-state index in [2.05, 4.69) is 59.3 Å². The Bertz CT molecular complexity index is 1340. The lowest BCUT2D eigenvalue weighted by Crippen LogP contribution is -2.34. The van der Waals surface area contributed by atoms with Crippen molar-refractivity contribution in [1.82, 2.24) is 19.9 Å². The smallest absolute Gasteiger partial charge is 0.159 e. The Morgan fingerprint density at radius 2 is 1.91 bits per heavy atom. The molecule has 176 valence electrons. The van der Waals surface area contributed by atoms with Crippen LogP contribution in [0.1, 0.15) is 41.1 Å². The lowest BCUT2D eigenvalue weighted by Gasteiger charge is -2.33. The Morgan fingerprint density at radius 3 is 2.80 bits per heavy atom. The summed E-state index contributed by atoms with van der Waals surface area (Å²) < 4.78 is 5.70. The standard InChI is InChI=1S/C30H30N4O/c1-21-5-2-3-7-26(21)27-18-32-30(23-10-13-31-14-11-23)33-29(27)25-6-4-15-34(20-25)19-22-8-9-28-24(17-22)12-16-35-28/h2-3,5,7-11,13-14,17-18,25H,4,6,12,15-16,19-20H2,1H3/t25-/m1/s1. The van der Waals surface area contributed by atoms with Gasteiger partial charge in [0.25, 0.3) is 0 Å². The second-order valence-electron chi connectivity index (χ2n) is 9.66. The number of likely N-dealkylation sites (tertiary alicyclic amines) is 1. The van der Waals surface area contributed by atoms with Gasteiger partial charge in [-0.15, -0.1) is 0 Å². The van der Waals surface area contributed by atoms with E-state index in [1.54, 1.807) is 12.4 Å². The van der Waals surface area contributed by atoms with Crippen LogP contribution in [0.25, 0.3) is 22.5 Å². The number of aryl methyl sites for hydroxylation is 1. The number of ether oxygens (including phenoxy) is 1. The first-order chi connectivity index (χ1) is 17.2. The van der Waals surface area contributed by atoms with Crippen LogP contribution in [0.2, 0.25) is 0 Å². The fraction of sp³-hybridized carbons (Fsp3) is 0.300. The molecule has 0 spiro atoms. The summed E-state index contributed by atoms with van der Waals surface area (Å²) in [5, 5.41) is 0. The molecule has 4 aromatic rings. The maximum Gasteiger partial charge on any atom is 0.159 e. The van der Waals surface area contributed by atoms with Crippen molar-refractivity contribution in [1.29, 1.82) is 0 Å². The number of benzene rings is 2. The lowest BCUT2D eigenvalue weighted by molar-refractivity contribution is 0.198. The molecule has 0 amide bonds. The van der Waals surface area contributed by atoms with Crippen LogP contribution in [-0.4, -0.2) is 39.5 Å². The number of piperidine rings is 1. The molecule has 2 aliphatic rings. The molecule has 35 heavy (non-hydrogen) atoms. The molecule has 1 fully saturated rings. The summed E-state index contributed by atoms with van der Waals surface area (Å²) in [5.74, 6) is 2.19. The van der Waals surface area contributed by atoms with Gasteiger partial charge >= 0.3 is 0 Å². The van der Waals surface area contributed by atoms with E-state index in [1.165, 1.54) is 28.7 Å². The molecular weight excluding hydrogens is 432 g/mol. The van der Waals surface area contributed by atoms with E-state index in [9.17, 15) is 0 Å². The van der Waals surface area contributed by atoms with Gasteiger partial charge in [0.1, 0.15) is 5.75 Å². The van der Waals surface area contributed by atoms with Crippen molar-refractivity contribution in [3.8, 4) is 28.3 Å². The Labute approximate surface area is 206 Å². The highest BCUT2D eigenvalue weighted by atomic mass is 16.5. The molecule has 2 aromatic carbocycles. The van der Waals surface area contributed by atoms with E-state index in [0.717, 1.165) is 67.5 Å². The zero-order valence-electron chi connectivity index (χ0n) is 20.2. The number of rotatable bonds is 5. The predicted molar refractivity (Wildman–Crippen MR) is 138 cm³/mol. The highest BCUT2D eigenvalue weighted by Gasteiger charge is 2.27. The van der Waals surface area contributed by atoms with Gasteiger partial charge in [0, 0.05) is 55.1 Å². The topological polar surface area (TPSA) is 51.1 Å². The normalized spacial score (nSPS) is 17.7. The van der Waals surface area contributed by atoms with Gasteiger partial charge in [0.05, 0.1) is 12.3 Å². The SMILES string of the molecule is Cc1ccccc1-c1cnc(-c2ccncc2)nc1[C@@H]1CCCN(Cc2ccc3c(c2)CCO3)C1. The average Bonchev–Trinajstić information content (AvgIpc) is 3.37. The van der Waals surface area contributed by atoms with E-state index in [1.807, 2.05) is 18.3 Å². The van der Waals surface area contributed by atoms with Crippen molar-refractivity contribution in [2.24, 2.45) is 0 Å². The third-order valence-electron chi connectivity index (χ3n) is 7.24. The summed E-state index contributed by atoms with van der Waals surface area (Å²) in [6.07, 6.45) is 8.96. The summed E-state index contributed by atoms with van der Waals surface area (Å²) in [6, 6.07) is 19.2. The van der Waals surface area contributed by atoms with Gasteiger partial charge in [-0.3, -0.25) is 9.88 Å². The minimum absolute atomic E-state index is 0.361. The zero-order valence-corrected chi connectivity index (χ0v) is 20.2. The highest BCUT2D eigenvalue weighted by Crippen LogP contribution is 2.36. The van der Waals surface area contributed by atoms with Crippen molar-refractivity contribution >= 4 is 0 Å². The number of hydrogen-bond donors (Lipinski definition) is 0. The van der Waals surface area contributed by atoms with E-state index in [-0.39, 0.29) is 0 Å². The summed E-state index contributed by atoms with van der Waals surface area (Å²) in [4.78, 5) is 16.7. The van der Waals surface area contributed by atoms with Crippen molar-refractivity contribution < 1.29 is 4.74 Å². The minimum Gasteiger partial charge on any atom is -0.493 e. The van der Waals surface area contributed by atoms with Crippen molar-refractivity contribution in [3.05, 3.63) is 95.6 Å². The maximum absolute atomic E-state index is 5.70. The quantitative estimate of drug-likeness (QED) is 0.374. The van der Waals surface area contributed by atoms with E-state index >= 15 is 0 Å². The minimum atomic E-state index is 0.361. The molecule has 2 aromatic heterocycles. The molecule has 2 aliphatic heterocycles. The third kappa shape index (κ3) is 4.56. The summed E-state index contributed by atoms with van der Waals surface area (Å²) in [6.45, 7) is 6.05. The van der Waals surface area contributed by atoms with Crippen LogP contribution in [0.15, 0.2) is 73.2 Å². The molecule has 5 heteroatoms. The Hall–Kier alpha value is -3.57. The molecule has 0 saturated carbocycles. The molecule has 0 unspecified atom stereocenters. The zero-order chi connectivity index (χ0) is 23.6. The van der Waals surface area contributed by atoms with Gasteiger partial charge in [-0.05, 0) is 66.8 Å². The number of nitrogens with zero attached hydrogens (tertiary/aromatic N) is 4.